The number of esters is 1. The van der Waals surface area contributed by atoms with Crippen LogP contribution in [0, 0.1) is 0 Å². The standard InChI is InChI=1S/C34H47N3O12S/c1-20-7-5-8-22(36-27(41)18-50-34-32(45)31(44)30(43)26(16-38)49-34)9-6-10-23(35-19-47-17-28(42)37-11-3-2-4-12-37)13-21-14-24(39)15-25(40)29(21)33(46)48-20/h5-6,8,10,14-15,20,22,26,30-32,34,38-40,43-45H,2-4,7,9,11-13,16-19H2,1H3,(H,36,41)/b8-5+,10-6+,35-23?/t20-,22-,26?,30+,31?,32?,34-/m1/s1. The lowest BCUT2D eigenvalue weighted by Crippen LogP contribution is -2.57. The zero-order valence-electron chi connectivity index (χ0n) is 27.9. The molecule has 15 nitrogen and oxygen atoms in total. The van der Waals surface area contributed by atoms with Crippen molar-refractivity contribution in [1.29, 1.82) is 0 Å². The SMILES string of the molecule is C[C@@H]1C/C=C/[C@@H](NC(=O)CS[C@H]2OC(CO)[C@H](O)C(O)C2O)C/C=C/C(=NCOCC(=O)N2CCCCC2)Cc2cc(O)cc(O)c2C(=O)O1. The Labute approximate surface area is 294 Å². The number of aliphatic hydroxyl groups excluding tert-OH is 4. The van der Waals surface area contributed by atoms with E-state index >= 15 is 0 Å². The van der Waals surface area contributed by atoms with Crippen molar-refractivity contribution in [2.45, 2.75) is 87.4 Å². The first-order valence-corrected chi connectivity index (χ1v) is 17.7. The minimum atomic E-state index is -1.55. The number of aromatic hydroxyl groups is 2. The fraction of sp³-hybridized carbons (Fsp3) is 0.588. The Morgan fingerprint density at radius 2 is 1.82 bits per heavy atom. The third kappa shape index (κ3) is 11.2. The normalized spacial score (nSPS) is 30.1. The number of hydrogen-bond donors (Lipinski definition) is 7. The van der Waals surface area contributed by atoms with Crippen LogP contribution in [0.15, 0.2) is 41.4 Å². The van der Waals surface area contributed by atoms with E-state index in [9.17, 15) is 45.0 Å². The molecule has 0 aliphatic carbocycles. The maximum absolute atomic E-state index is 13.2. The number of nitrogens with one attached hydrogen (secondary N) is 1. The van der Waals surface area contributed by atoms with Crippen molar-refractivity contribution < 1.29 is 59.2 Å². The number of benzene rings is 1. The van der Waals surface area contributed by atoms with Crippen LogP contribution in [-0.4, -0.2) is 140 Å². The Morgan fingerprint density at radius 3 is 2.56 bits per heavy atom. The summed E-state index contributed by atoms with van der Waals surface area (Å²) in [5, 5.41) is 63.5. The first-order chi connectivity index (χ1) is 24.0. The number of allylic oxidation sites excluding steroid dienone is 1. The van der Waals surface area contributed by atoms with Crippen LogP contribution in [0.25, 0.3) is 0 Å². The molecule has 2 fully saturated rings. The molecule has 7 atom stereocenters. The molecule has 1 aromatic rings. The van der Waals surface area contributed by atoms with Crippen LogP contribution >= 0.6 is 11.8 Å². The number of carbonyl (C=O) groups excluding carboxylic acids is 3. The second-order valence-corrected chi connectivity index (χ2v) is 13.5. The van der Waals surface area contributed by atoms with E-state index in [1.165, 1.54) is 6.07 Å². The molecule has 4 rings (SSSR count). The second kappa shape index (κ2) is 19.2. The summed E-state index contributed by atoms with van der Waals surface area (Å²) < 4.78 is 16.6. The molecular weight excluding hydrogens is 674 g/mol. The van der Waals surface area contributed by atoms with Gasteiger partial charge in [-0.3, -0.25) is 14.6 Å². The lowest BCUT2D eigenvalue weighted by molar-refractivity contribution is -0.205. The van der Waals surface area contributed by atoms with Crippen LogP contribution in [0.4, 0.5) is 0 Å². The molecule has 1 aromatic carbocycles. The molecule has 50 heavy (non-hydrogen) atoms. The van der Waals surface area contributed by atoms with E-state index in [1.807, 2.05) is 0 Å². The third-order valence-electron chi connectivity index (χ3n) is 8.47. The number of amides is 2. The first-order valence-electron chi connectivity index (χ1n) is 16.7. The van der Waals surface area contributed by atoms with E-state index in [1.54, 1.807) is 36.1 Å². The lowest BCUT2D eigenvalue weighted by Gasteiger charge is -2.39. The fourth-order valence-electron chi connectivity index (χ4n) is 5.77. The van der Waals surface area contributed by atoms with Gasteiger partial charge in [-0.15, -0.1) is 11.8 Å². The van der Waals surface area contributed by atoms with E-state index in [4.69, 9.17) is 14.2 Å². The molecule has 3 heterocycles. The average Bonchev–Trinajstić information content (AvgIpc) is 3.08. The van der Waals surface area contributed by atoms with E-state index in [0.29, 0.717) is 25.2 Å². The second-order valence-electron chi connectivity index (χ2n) is 12.4. The minimum Gasteiger partial charge on any atom is -0.508 e. The summed E-state index contributed by atoms with van der Waals surface area (Å²) in [5.41, 5.74) is -0.522. The number of likely N-dealkylation sites (tertiary alicyclic amines) is 1. The Hall–Kier alpha value is -3.51. The molecule has 7 N–H and O–H groups in total. The number of piperidine rings is 1. The summed E-state index contributed by atoms with van der Waals surface area (Å²) >= 11 is 0.907. The molecular formula is C34H47N3O12S. The molecule has 0 saturated carbocycles. The Bertz CT molecular complexity index is 1410. The summed E-state index contributed by atoms with van der Waals surface area (Å²) in [7, 11) is 0. The predicted octanol–water partition coefficient (Wildman–Crippen LogP) is 0.537. The number of carbonyl (C=O) groups is 3. The van der Waals surface area contributed by atoms with Gasteiger partial charge >= 0.3 is 5.97 Å². The minimum absolute atomic E-state index is 0.0106. The smallest absolute Gasteiger partial charge is 0.342 e. The number of aliphatic imine (C=N–C) groups is 1. The highest BCUT2D eigenvalue weighted by Gasteiger charge is 2.43. The van der Waals surface area contributed by atoms with Crippen LogP contribution in [0.5, 0.6) is 11.5 Å². The van der Waals surface area contributed by atoms with Crippen molar-refractivity contribution in [2.24, 2.45) is 4.99 Å². The molecule has 3 unspecified atom stereocenters. The number of phenolic OH excluding ortho intramolecular Hbond substituents is 2. The summed E-state index contributed by atoms with van der Waals surface area (Å²) in [6.07, 6.45) is 4.23. The fourth-order valence-corrected chi connectivity index (χ4v) is 6.75. The van der Waals surface area contributed by atoms with Gasteiger partial charge in [0.2, 0.25) is 11.8 Å². The van der Waals surface area contributed by atoms with Gasteiger partial charge in [-0.2, -0.15) is 0 Å². The van der Waals surface area contributed by atoms with Gasteiger partial charge in [0.25, 0.3) is 0 Å². The molecule has 16 heteroatoms. The summed E-state index contributed by atoms with van der Waals surface area (Å²) in [5.74, 6) is -2.22. The van der Waals surface area contributed by atoms with Crippen molar-refractivity contribution in [3.8, 4) is 11.5 Å². The zero-order chi connectivity index (χ0) is 36.2. The Kier molecular flexibility index (Phi) is 15.1. The van der Waals surface area contributed by atoms with E-state index in [-0.39, 0.29) is 54.7 Å². The van der Waals surface area contributed by atoms with Crippen molar-refractivity contribution >= 4 is 35.3 Å². The number of cyclic esters (lactones) is 1. The molecule has 0 bridgehead atoms. The quantitative estimate of drug-likeness (QED) is 0.105. The molecule has 0 spiro atoms. The predicted molar refractivity (Wildman–Crippen MR) is 183 cm³/mol. The average molecular weight is 722 g/mol. The van der Waals surface area contributed by atoms with Crippen molar-refractivity contribution in [3.05, 3.63) is 47.6 Å². The van der Waals surface area contributed by atoms with Crippen LogP contribution in [0.1, 0.15) is 54.9 Å². The topological polar surface area (TPSA) is 228 Å². The number of aliphatic hydroxyl groups is 4. The van der Waals surface area contributed by atoms with Gasteiger partial charge in [0.05, 0.1) is 18.4 Å². The van der Waals surface area contributed by atoms with Crippen LogP contribution in [0.3, 0.4) is 0 Å². The molecule has 0 radical (unpaired) electrons. The van der Waals surface area contributed by atoms with Crippen molar-refractivity contribution in [2.75, 3.05) is 38.8 Å². The largest absolute Gasteiger partial charge is 0.508 e. The Balaban J connectivity index is 1.48. The molecule has 3 aliphatic heterocycles. The number of fused-ring (bicyclic) bond motifs is 1. The van der Waals surface area contributed by atoms with Gasteiger partial charge in [-0.1, -0.05) is 18.2 Å². The number of phenols is 2. The number of thioether (sulfide) groups is 1. The highest BCUT2D eigenvalue weighted by Crippen LogP contribution is 2.30. The molecule has 2 amide bonds. The summed E-state index contributed by atoms with van der Waals surface area (Å²) in [6.45, 7) is 2.15. The Morgan fingerprint density at radius 1 is 1.06 bits per heavy atom. The maximum atomic E-state index is 13.2. The van der Waals surface area contributed by atoms with Gasteiger partial charge in [0, 0.05) is 37.7 Å². The van der Waals surface area contributed by atoms with Gasteiger partial charge < -0.3 is 55.1 Å². The van der Waals surface area contributed by atoms with E-state index < -0.39 is 66.2 Å². The molecule has 276 valence electrons. The monoisotopic (exact) mass is 721 g/mol. The third-order valence-corrected chi connectivity index (χ3v) is 9.62. The van der Waals surface area contributed by atoms with E-state index in [2.05, 4.69) is 10.3 Å². The number of rotatable bonds is 9. The summed E-state index contributed by atoms with van der Waals surface area (Å²) in [4.78, 5) is 44.9. The van der Waals surface area contributed by atoms with Gasteiger partial charge in [-0.05, 0) is 50.3 Å². The van der Waals surface area contributed by atoms with Crippen molar-refractivity contribution in [1.82, 2.24) is 10.2 Å². The maximum Gasteiger partial charge on any atom is 0.342 e. The lowest BCUT2D eigenvalue weighted by atomic mass is 9.99. The van der Waals surface area contributed by atoms with Crippen LogP contribution < -0.4 is 5.32 Å². The first kappa shape index (κ1) is 39.3. The molecule has 2 saturated heterocycles. The molecule has 0 aromatic heterocycles. The van der Waals surface area contributed by atoms with Crippen LogP contribution in [-0.2, 0) is 30.2 Å². The van der Waals surface area contributed by atoms with Gasteiger partial charge in [0.15, 0.2) is 0 Å². The van der Waals surface area contributed by atoms with Crippen molar-refractivity contribution in [3.63, 3.8) is 0 Å². The van der Waals surface area contributed by atoms with Gasteiger partial charge in [0.1, 0.15) is 66.4 Å². The number of hydrogen-bond acceptors (Lipinski definition) is 14. The highest BCUT2D eigenvalue weighted by molar-refractivity contribution is 8.00. The van der Waals surface area contributed by atoms with E-state index in [0.717, 1.165) is 37.1 Å². The van der Waals surface area contributed by atoms with Gasteiger partial charge in [-0.25, -0.2) is 4.79 Å². The molecule has 3 aliphatic rings. The summed E-state index contributed by atoms with van der Waals surface area (Å²) in [6, 6.07) is 1.87. The zero-order valence-corrected chi connectivity index (χ0v) is 28.7. The highest BCUT2D eigenvalue weighted by atomic mass is 32.2. The number of nitrogens with zero attached hydrogens (tertiary/aromatic N) is 2. The van der Waals surface area contributed by atoms with Crippen LogP contribution in [0.2, 0.25) is 0 Å². The number of ether oxygens (including phenoxy) is 3.